The average Bonchev–Trinajstić information content (AvgIpc) is 2.54. The van der Waals surface area contributed by atoms with E-state index in [0.717, 1.165) is 18.3 Å². The molecule has 0 aromatic carbocycles. The number of likely N-dealkylation sites (tertiary alicyclic amines) is 1. The van der Waals surface area contributed by atoms with Crippen molar-refractivity contribution in [2.24, 2.45) is 5.92 Å². The summed E-state index contributed by atoms with van der Waals surface area (Å²) in [6.07, 6.45) is 3.85. The number of hydrogen-bond donors (Lipinski definition) is 1. The van der Waals surface area contributed by atoms with Gasteiger partial charge >= 0.3 is 0 Å². The number of nitrogens with zero attached hydrogens (tertiary/aromatic N) is 1. The van der Waals surface area contributed by atoms with E-state index in [4.69, 9.17) is 4.74 Å². The predicted octanol–water partition coefficient (Wildman–Crippen LogP) is 1.66. The van der Waals surface area contributed by atoms with Crippen LogP contribution < -0.4 is 0 Å². The average molecular weight is 203 g/mol. The van der Waals surface area contributed by atoms with Gasteiger partial charge in [-0.3, -0.25) is 0 Å². The number of hydrogen-bond acceptors (Lipinski definition) is 3. The zero-order valence-electron chi connectivity index (χ0n) is 8.54. The molecule has 13 heavy (non-hydrogen) atoms. The highest BCUT2D eigenvalue weighted by atomic mass is 32.1. The van der Waals surface area contributed by atoms with Crippen LogP contribution in [0, 0.1) is 5.92 Å². The van der Waals surface area contributed by atoms with E-state index in [0.29, 0.717) is 0 Å². The Morgan fingerprint density at radius 2 is 2.31 bits per heavy atom. The Kier molecular flexibility index (Phi) is 5.83. The molecule has 1 fully saturated rings. The molecule has 0 spiro atoms. The molecular formula is C10H21NOS. The van der Waals surface area contributed by atoms with Gasteiger partial charge in [-0.25, -0.2) is 0 Å². The van der Waals surface area contributed by atoms with Gasteiger partial charge in [-0.2, -0.15) is 12.6 Å². The van der Waals surface area contributed by atoms with E-state index in [1.165, 1.54) is 38.9 Å². The molecule has 0 amide bonds. The van der Waals surface area contributed by atoms with Gasteiger partial charge in [-0.15, -0.1) is 0 Å². The smallest absolute Gasteiger partial charge is 0.0503 e. The number of unbranched alkanes of at least 4 members (excludes halogenated alkanes) is 1. The molecule has 78 valence electrons. The molecule has 1 aliphatic rings. The molecular weight excluding hydrogens is 182 g/mol. The molecule has 1 saturated heterocycles. The van der Waals surface area contributed by atoms with E-state index < -0.39 is 0 Å². The van der Waals surface area contributed by atoms with Crippen LogP contribution in [0.4, 0.5) is 0 Å². The van der Waals surface area contributed by atoms with Gasteiger partial charge in [0.2, 0.25) is 0 Å². The first-order valence-corrected chi connectivity index (χ1v) is 5.82. The SMILES string of the molecule is COCC1CCN(CCCCS)C1. The molecule has 2 nitrogen and oxygen atoms in total. The molecule has 0 N–H and O–H groups in total. The van der Waals surface area contributed by atoms with Gasteiger partial charge in [-0.1, -0.05) is 0 Å². The van der Waals surface area contributed by atoms with Crippen LogP contribution in [0.3, 0.4) is 0 Å². The molecule has 0 radical (unpaired) electrons. The lowest BCUT2D eigenvalue weighted by Gasteiger charge is -2.15. The Morgan fingerprint density at radius 1 is 1.46 bits per heavy atom. The first-order chi connectivity index (χ1) is 6.36. The summed E-state index contributed by atoms with van der Waals surface area (Å²) in [4.78, 5) is 2.55. The minimum atomic E-state index is 0.779. The van der Waals surface area contributed by atoms with E-state index in [2.05, 4.69) is 17.5 Å². The van der Waals surface area contributed by atoms with Crippen molar-refractivity contribution in [2.45, 2.75) is 19.3 Å². The van der Waals surface area contributed by atoms with E-state index in [1.54, 1.807) is 7.11 Å². The second kappa shape index (κ2) is 6.68. The first-order valence-electron chi connectivity index (χ1n) is 5.19. The van der Waals surface area contributed by atoms with Crippen LogP contribution in [0.15, 0.2) is 0 Å². The summed E-state index contributed by atoms with van der Waals surface area (Å²) in [7, 11) is 1.80. The molecule has 0 bridgehead atoms. The van der Waals surface area contributed by atoms with Crippen molar-refractivity contribution in [3.8, 4) is 0 Å². The van der Waals surface area contributed by atoms with Crippen molar-refractivity contribution >= 4 is 12.6 Å². The zero-order valence-corrected chi connectivity index (χ0v) is 9.43. The Bertz CT molecular complexity index is 132. The Morgan fingerprint density at radius 3 is 3.00 bits per heavy atom. The summed E-state index contributed by atoms with van der Waals surface area (Å²) in [5.41, 5.74) is 0. The topological polar surface area (TPSA) is 12.5 Å². The number of ether oxygens (including phenoxy) is 1. The lowest BCUT2D eigenvalue weighted by Crippen LogP contribution is -2.23. The van der Waals surface area contributed by atoms with Crippen LogP contribution >= 0.6 is 12.6 Å². The highest BCUT2D eigenvalue weighted by Crippen LogP contribution is 2.16. The maximum absolute atomic E-state index is 5.16. The fraction of sp³-hybridized carbons (Fsp3) is 1.00. The minimum absolute atomic E-state index is 0.779. The van der Waals surface area contributed by atoms with Crippen molar-refractivity contribution in [3.63, 3.8) is 0 Å². The Balaban J connectivity index is 2.03. The van der Waals surface area contributed by atoms with E-state index in [-0.39, 0.29) is 0 Å². The van der Waals surface area contributed by atoms with E-state index in [1.807, 2.05) is 0 Å². The fourth-order valence-corrected chi connectivity index (χ4v) is 2.16. The Labute approximate surface area is 87.0 Å². The van der Waals surface area contributed by atoms with Crippen LogP contribution in [-0.2, 0) is 4.74 Å². The van der Waals surface area contributed by atoms with Crippen LogP contribution in [-0.4, -0.2) is 44.0 Å². The summed E-state index contributed by atoms with van der Waals surface area (Å²) in [6, 6.07) is 0. The van der Waals surface area contributed by atoms with Crippen molar-refractivity contribution in [1.82, 2.24) is 4.90 Å². The molecule has 1 unspecified atom stereocenters. The largest absolute Gasteiger partial charge is 0.384 e. The summed E-state index contributed by atoms with van der Waals surface area (Å²) in [6.45, 7) is 4.69. The van der Waals surface area contributed by atoms with E-state index >= 15 is 0 Å². The summed E-state index contributed by atoms with van der Waals surface area (Å²) < 4.78 is 5.16. The summed E-state index contributed by atoms with van der Waals surface area (Å²) in [5, 5.41) is 0. The highest BCUT2D eigenvalue weighted by molar-refractivity contribution is 7.80. The van der Waals surface area contributed by atoms with Crippen molar-refractivity contribution in [3.05, 3.63) is 0 Å². The van der Waals surface area contributed by atoms with E-state index in [9.17, 15) is 0 Å². The normalized spacial score (nSPS) is 24.0. The number of rotatable bonds is 6. The highest BCUT2D eigenvalue weighted by Gasteiger charge is 2.21. The van der Waals surface area contributed by atoms with Gasteiger partial charge < -0.3 is 9.64 Å². The third kappa shape index (κ3) is 4.34. The number of thiol groups is 1. The van der Waals surface area contributed by atoms with Gasteiger partial charge in [0, 0.05) is 13.7 Å². The maximum atomic E-state index is 5.16. The van der Waals surface area contributed by atoms with Crippen molar-refractivity contribution in [1.29, 1.82) is 0 Å². The van der Waals surface area contributed by atoms with Gasteiger partial charge in [0.25, 0.3) is 0 Å². The Hall–Kier alpha value is 0.270. The molecule has 1 atom stereocenters. The molecule has 1 aliphatic heterocycles. The van der Waals surface area contributed by atoms with Gasteiger partial charge in [0.1, 0.15) is 0 Å². The molecule has 0 aliphatic carbocycles. The third-order valence-electron chi connectivity index (χ3n) is 2.65. The molecule has 0 aromatic rings. The van der Waals surface area contributed by atoms with Crippen molar-refractivity contribution in [2.75, 3.05) is 39.1 Å². The molecule has 0 saturated carbocycles. The van der Waals surface area contributed by atoms with Crippen LogP contribution in [0.25, 0.3) is 0 Å². The predicted molar refractivity (Wildman–Crippen MR) is 59.5 cm³/mol. The minimum Gasteiger partial charge on any atom is -0.384 e. The summed E-state index contributed by atoms with van der Waals surface area (Å²) >= 11 is 4.21. The van der Waals surface area contributed by atoms with Crippen LogP contribution in [0.2, 0.25) is 0 Å². The molecule has 1 heterocycles. The molecule has 1 rings (SSSR count). The lowest BCUT2D eigenvalue weighted by molar-refractivity contribution is 0.153. The fourth-order valence-electron chi connectivity index (χ4n) is 1.93. The van der Waals surface area contributed by atoms with Crippen LogP contribution in [0.1, 0.15) is 19.3 Å². The monoisotopic (exact) mass is 203 g/mol. The zero-order chi connectivity index (χ0) is 9.52. The van der Waals surface area contributed by atoms with Gasteiger partial charge in [-0.05, 0) is 44.0 Å². The maximum Gasteiger partial charge on any atom is 0.0503 e. The van der Waals surface area contributed by atoms with Crippen molar-refractivity contribution < 1.29 is 4.74 Å². The van der Waals surface area contributed by atoms with Gasteiger partial charge in [0.15, 0.2) is 0 Å². The lowest BCUT2D eigenvalue weighted by atomic mass is 10.1. The quantitative estimate of drug-likeness (QED) is 0.521. The first kappa shape index (κ1) is 11.3. The molecule has 0 aromatic heterocycles. The second-order valence-corrected chi connectivity index (χ2v) is 4.29. The summed E-state index contributed by atoms with van der Waals surface area (Å²) in [5.74, 6) is 1.80. The second-order valence-electron chi connectivity index (χ2n) is 3.84. The standard InChI is InChI=1S/C10H21NOS/c1-12-9-10-4-6-11(8-10)5-2-3-7-13/h10,13H,2-9H2,1H3. The van der Waals surface area contributed by atoms with Gasteiger partial charge in [0.05, 0.1) is 6.61 Å². The van der Waals surface area contributed by atoms with Crippen LogP contribution in [0.5, 0.6) is 0 Å². The number of methoxy groups -OCH3 is 1. The third-order valence-corrected chi connectivity index (χ3v) is 2.97. The molecule has 3 heteroatoms.